The summed E-state index contributed by atoms with van der Waals surface area (Å²) in [4.78, 5) is 62.6. The van der Waals surface area contributed by atoms with Gasteiger partial charge in [-0.25, -0.2) is 0 Å². The average molecular weight is 2520 g/mol. The Bertz CT molecular complexity index is 3000. The first kappa shape index (κ1) is 206. The van der Waals surface area contributed by atoms with E-state index in [1.54, 1.807) is 281 Å². The van der Waals surface area contributed by atoms with Crippen LogP contribution in [-0.2, 0) is 137 Å². The summed E-state index contributed by atoms with van der Waals surface area (Å²) in [6, 6.07) is 1.10. The van der Waals surface area contributed by atoms with Crippen molar-refractivity contribution in [3.8, 4) is 0 Å². The van der Waals surface area contributed by atoms with Gasteiger partial charge in [-0.05, 0) is 326 Å². The first-order valence-electron chi connectivity index (χ1n) is 50.4. The zero-order chi connectivity index (χ0) is 115. The maximum atomic E-state index is 9.42. The Labute approximate surface area is 993 Å². The Kier molecular flexibility index (Phi) is 168. The molecule has 0 aromatic heterocycles. The first-order chi connectivity index (χ1) is 62.9. The molecule has 0 aliphatic rings. The molecule has 0 saturated heterocycles. The van der Waals surface area contributed by atoms with Gasteiger partial charge in [-0.1, -0.05) is 83.1 Å². The molecule has 8 unspecified atom stereocenters. The van der Waals surface area contributed by atoms with Gasteiger partial charge in [0.2, 0.25) is 0 Å². The quantitative estimate of drug-likeness (QED) is 0.0200. The molecule has 148 heavy (non-hydrogen) atoms. The fourth-order valence-corrected chi connectivity index (χ4v) is 6.02. The van der Waals surface area contributed by atoms with Crippen molar-refractivity contribution in [3.05, 3.63) is 0 Å². The largest absolute Gasteiger partial charge is 0.385 e. The molecule has 0 amide bonds. The summed E-state index contributed by atoms with van der Waals surface area (Å²) in [6.45, 7) is 94.8. The van der Waals surface area contributed by atoms with E-state index in [9.17, 15) is 40.9 Å². The molecule has 8 radical (unpaired) electrons. The van der Waals surface area contributed by atoms with Crippen molar-refractivity contribution >= 4 is 99.4 Å². The van der Waals surface area contributed by atoms with Gasteiger partial charge in [0, 0.05) is 341 Å². The summed E-state index contributed by atoms with van der Waals surface area (Å²) in [6.07, 6.45) is 35.1. The van der Waals surface area contributed by atoms with E-state index >= 15 is 0 Å². The van der Waals surface area contributed by atoms with Gasteiger partial charge in [-0.3, -0.25) is 79.9 Å². The summed E-state index contributed by atoms with van der Waals surface area (Å²) in [5.41, 5.74) is -11.6. The molecule has 40 heteroatoms. The van der Waals surface area contributed by atoms with Crippen molar-refractivity contribution in [2.24, 2.45) is 79.9 Å². The Morgan fingerprint density at radius 2 is 0.277 bits per heavy atom. The third-order valence-electron chi connectivity index (χ3n) is 15.4. The second kappa shape index (κ2) is 121. The minimum atomic E-state index is -0.760. The predicted molar refractivity (Wildman–Crippen MR) is 621 cm³/mol. The number of aliphatic imine (C=N–C) groups is 16. The van der Waals surface area contributed by atoms with Crippen LogP contribution in [0.1, 0.15) is 409 Å². The van der Waals surface area contributed by atoms with Gasteiger partial charge in [0.25, 0.3) is 0 Å². The summed E-state index contributed by atoms with van der Waals surface area (Å²) in [7, 11) is 6.59. The molecular formula is C108H232Cu8N16O16. The van der Waals surface area contributed by atoms with E-state index in [1.807, 2.05) is 138 Å². The number of hydrogen-bond acceptors (Lipinski definition) is 32. The zero-order valence-electron chi connectivity index (χ0n) is 102. The molecule has 0 rings (SSSR count). The van der Waals surface area contributed by atoms with Crippen LogP contribution in [0.15, 0.2) is 79.9 Å². The summed E-state index contributed by atoms with van der Waals surface area (Å²) in [5, 5.41) is 147. The molecule has 0 spiro atoms. The Morgan fingerprint density at radius 3 is 0.372 bits per heavy atom. The van der Waals surface area contributed by atoms with Crippen LogP contribution in [0.3, 0.4) is 0 Å². The summed E-state index contributed by atoms with van der Waals surface area (Å²) >= 11 is 0. The van der Waals surface area contributed by atoms with Crippen LogP contribution < -0.4 is 0 Å². The van der Waals surface area contributed by atoms with Crippen molar-refractivity contribution in [2.45, 2.75) is 523 Å². The van der Waals surface area contributed by atoms with Crippen molar-refractivity contribution < 1.29 is 218 Å². The van der Waals surface area contributed by atoms with Crippen molar-refractivity contribution in [3.63, 3.8) is 0 Å². The predicted octanol–water partition coefficient (Wildman–Crippen LogP) is 18.2. The maximum Gasteiger partial charge on any atom is 0.0962 e. The molecule has 32 nitrogen and oxygen atoms in total. The van der Waals surface area contributed by atoms with E-state index in [0.717, 1.165) is 104 Å². The fraction of sp³-hybridized carbons (Fsp3) is 0.852. The van der Waals surface area contributed by atoms with Gasteiger partial charge in [0.05, 0.1) is 89.6 Å². The number of aliphatic hydroxyl groups is 16. The summed E-state index contributed by atoms with van der Waals surface area (Å²) in [5.74, 6) is 0. The molecule has 0 saturated carbocycles. The van der Waals surface area contributed by atoms with Gasteiger partial charge in [0.15, 0.2) is 0 Å². The van der Waals surface area contributed by atoms with Gasteiger partial charge >= 0.3 is 0 Å². The Morgan fingerprint density at radius 1 is 0.162 bits per heavy atom. The summed E-state index contributed by atoms with van der Waals surface area (Å²) < 4.78 is 0. The Hall–Kier alpha value is -1.76. The van der Waals surface area contributed by atoms with Crippen molar-refractivity contribution in [1.82, 2.24) is 0 Å². The number of nitrogens with zero attached hydrogens (tertiary/aromatic N) is 16. The topological polar surface area (TPSA) is 521 Å². The monoisotopic (exact) mass is 2510 g/mol. The molecule has 0 fully saturated rings. The Balaban J connectivity index is -0.0000000502. The van der Waals surface area contributed by atoms with E-state index in [2.05, 4.69) is 108 Å². The van der Waals surface area contributed by atoms with Crippen LogP contribution in [-0.4, -0.2) is 375 Å². The molecule has 0 bridgehead atoms. The van der Waals surface area contributed by atoms with Crippen LogP contribution in [0.5, 0.6) is 0 Å². The van der Waals surface area contributed by atoms with E-state index in [0.29, 0.717) is 25.7 Å². The third-order valence-corrected chi connectivity index (χ3v) is 15.4. The van der Waals surface area contributed by atoms with E-state index in [1.165, 1.54) is 12.4 Å². The zero-order valence-corrected chi connectivity index (χ0v) is 110. The standard InChI is InChI=1S/4C8H17NO.6C7H15NO.4C6H13NO.2C5H11NO.8Cu/c2*1-5-8(4,10)6-9-7(2)3;2*1-4-6-9-7-8(3,10)5-2;2*1-6(2)8-5-7(3,4)9;2*1-4-5-8-6-7(2,3)9;2*1-4-7(3,9)6-8-5-2;2*1-4-6(2,8)5-7-3;2*1-4-7-5-6(2,3)8;2*1-5(2,7)4-6-3;;;;;;;;/h2*6-7,10H,5H2,1-4H3;2*7,10H,4-6H2,1-3H3;2*5-6,9H,1-4H3;4*6,9H,4-5H2,1-3H3;4*5,8H,4H2,1-3H3;2*4,7H,1-3H3;;;;;;;;. The maximum absolute atomic E-state index is 9.42. The van der Waals surface area contributed by atoms with Crippen LogP contribution in [0.4, 0.5) is 0 Å². The van der Waals surface area contributed by atoms with Crippen LogP contribution in [0.2, 0.25) is 0 Å². The molecule has 0 aliphatic carbocycles. The third kappa shape index (κ3) is 262. The molecule has 928 valence electrons. The smallest absolute Gasteiger partial charge is 0.0962 e. The SMILES string of the molecule is CC(C)N=CC(C)(C)O.CC(C)N=CC(C)(C)O.CCC(C)(O)C=NC.CCC(C)(O)C=NC.CCC(C)(O)C=NC(C)C.CCC(C)(O)C=NC(C)C.CCCN=CC(C)(C)O.CCCN=CC(C)(C)O.CCCN=CC(C)(O)CC.CCCN=CC(C)(O)CC.CCN=CC(C)(C)O.CCN=CC(C)(C)O.CCN=CC(C)(O)CC.CCN=CC(C)(O)CC.CN=CC(C)(C)O.CN=CC(C)(C)O.[Cu].[Cu].[Cu].[Cu].[Cu].[Cu].[Cu].[Cu]. The van der Waals surface area contributed by atoms with Crippen LogP contribution in [0, 0.1) is 0 Å². The minimum absolute atomic E-state index is 0. The molecule has 16 N–H and O–H groups in total. The molecule has 8 atom stereocenters. The van der Waals surface area contributed by atoms with E-state index in [4.69, 9.17) is 40.9 Å². The molecule has 0 aliphatic heterocycles. The first-order valence-corrected chi connectivity index (χ1v) is 50.4. The van der Waals surface area contributed by atoms with Crippen LogP contribution in [0.25, 0.3) is 0 Å². The molecule has 0 aromatic carbocycles. The number of hydrogen-bond donors (Lipinski definition) is 16. The van der Waals surface area contributed by atoms with Crippen molar-refractivity contribution in [1.29, 1.82) is 0 Å². The van der Waals surface area contributed by atoms with Gasteiger partial charge in [-0.15, -0.1) is 0 Å². The van der Waals surface area contributed by atoms with Crippen molar-refractivity contribution in [2.75, 3.05) is 80.5 Å². The van der Waals surface area contributed by atoms with Gasteiger partial charge in [-0.2, -0.15) is 0 Å². The minimum Gasteiger partial charge on any atom is -0.385 e. The second-order valence-corrected chi connectivity index (χ2v) is 40.6. The molecule has 0 aromatic rings. The average Bonchev–Trinajstić information content (AvgIpc) is 0.943. The normalized spacial score (nSPS) is 15.0. The second-order valence-electron chi connectivity index (χ2n) is 40.6. The van der Waals surface area contributed by atoms with Gasteiger partial charge in [0.1, 0.15) is 0 Å². The van der Waals surface area contributed by atoms with E-state index in [-0.39, 0.29) is 161 Å². The van der Waals surface area contributed by atoms with E-state index < -0.39 is 89.6 Å². The fourth-order valence-electron chi connectivity index (χ4n) is 6.02. The molecule has 0 heterocycles. The van der Waals surface area contributed by atoms with Crippen LogP contribution >= 0.6 is 0 Å². The van der Waals surface area contributed by atoms with Gasteiger partial charge < -0.3 is 81.7 Å². The number of rotatable bonds is 40. The molecular weight excluding hydrogens is 2290 g/mol.